The van der Waals surface area contributed by atoms with E-state index in [9.17, 15) is 8.42 Å². The first-order valence-electron chi connectivity index (χ1n) is 8.25. The predicted octanol–water partition coefficient (Wildman–Crippen LogP) is 1.36. The number of nitrogens with one attached hydrogen (secondary N) is 1. The van der Waals surface area contributed by atoms with Gasteiger partial charge in [-0.05, 0) is 6.08 Å². The van der Waals surface area contributed by atoms with Gasteiger partial charge in [0.1, 0.15) is 12.1 Å². The Hall–Kier alpha value is -1.58. The van der Waals surface area contributed by atoms with E-state index in [4.69, 9.17) is 15.2 Å². The van der Waals surface area contributed by atoms with Crippen LogP contribution in [0.3, 0.4) is 0 Å². The summed E-state index contributed by atoms with van der Waals surface area (Å²) in [7, 11) is -3.29. The Bertz CT molecular complexity index is 1100. The first-order valence-corrected chi connectivity index (χ1v) is 12.2. The summed E-state index contributed by atoms with van der Waals surface area (Å²) in [6.45, 7) is 0.806. The molecule has 13 heteroatoms. The number of hydrogen-bond donors (Lipinski definition) is 2. The van der Waals surface area contributed by atoms with E-state index >= 15 is 0 Å². The Morgan fingerprint density at radius 2 is 2.25 bits per heavy atom. The van der Waals surface area contributed by atoms with Gasteiger partial charge in [0, 0.05) is 28.3 Å². The third kappa shape index (κ3) is 4.06. The summed E-state index contributed by atoms with van der Waals surface area (Å²) in [6.07, 6.45) is 5.20. The lowest BCUT2D eigenvalue weighted by Gasteiger charge is -2.18. The molecule has 1 unspecified atom stereocenters. The number of sulfonamides is 1. The zero-order valence-corrected chi connectivity index (χ0v) is 18.5. The molecule has 0 fully saturated rings. The zero-order valence-electron chi connectivity index (χ0n) is 14.8. The van der Waals surface area contributed by atoms with Gasteiger partial charge in [-0.25, -0.2) is 28.1 Å². The number of alkyl halides is 1. The number of fused-ring (bicyclic) bond motifs is 1. The van der Waals surface area contributed by atoms with Gasteiger partial charge >= 0.3 is 0 Å². The van der Waals surface area contributed by atoms with Gasteiger partial charge in [-0.15, -0.1) is 0 Å². The number of aromatic nitrogens is 4. The quantitative estimate of drug-likeness (QED) is 0.415. The lowest BCUT2D eigenvalue weighted by molar-refractivity contribution is 0.0731. The van der Waals surface area contributed by atoms with Gasteiger partial charge in [0.05, 0.1) is 6.26 Å². The van der Waals surface area contributed by atoms with Crippen LogP contribution in [0, 0.1) is 0 Å². The Morgan fingerprint density at radius 1 is 1.43 bits per heavy atom. The van der Waals surface area contributed by atoms with Gasteiger partial charge in [-0.1, -0.05) is 34.4 Å². The van der Waals surface area contributed by atoms with Gasteiger partial charge < -0.3 is 19.8 Å². The molecule has 0 saturated carbocycles. The molecular formula is C15H17IN6O4S2. The van der Waals surface area contributed by atoms with Crippen molar-refractivity contribution in [1.82, 2.24) is 24.2 Å². The predicted molar refractivity (Wildman–Crippen MR) is 113 cm³/mol. The van der Waals surface area contributed by atoms with E-state index in [0.29, 0.717) is 22.9 Å². The summed E-state index contributed by atoms with van der Waals surface area (Å²) in [5.74, 6) is 1.89. The van der Waals surface area contributed by atoms with Crippen LogP contribution >= 0.6 is 34.4 Å². The molecule has 2 aromatic rings. The highest BCUT2D eigenvalue weighted by Crippen LogP contribution is 2.42. The molecule has 1 aliphatic carbocycles. The Morgan fingerprint density at radius 3 is 3.04 bits per heavy atom. The van der Waals surface area contributed by atoms with E-state index in [-0.39, 0.29) is 23.1 Å². The third-order valence-corrected chi connectivity index (χ3v) is 7.50. The van der Waals surface area contributed by atoms with Crippen molar-refractivity contribution in [2.75, 3.05) is 25.3 Å². The second-order valence-corrected chi connectivity index (χ2v) is 10.5. The Balaban J connectivity index is 1.67. The molecule has 1 aliphatic heterocycles. The zero-order chi connectivity index (χ0) is 19.9. The summed E-state index contributed by atoms with van der Waals surface area (Å²) < 4.78 is 38.3. The molecule has 150 valence electrons. The molecule has 3 N–H and O–H groups in total. The van der Waals surface area contributed by atoms with Crippen molar-refractivity contribution in [3.63, 3.8) is 0 Å². The molecule has 0 bridgehead atoms. The SMILES string of the molecule is CS(=O)(=O)NCCn1c(SC2=CC3=C(CC2I)OCO3)nc2c(N)ncnc21. The molecule has 28 heavy (non-hydrogen) atoms. The van der Waals surface area contributed by atoms with Crippen LogP contribution in [0.4, 0.5) is 5.82 Å². The average Bonchev–Trinajstić information content (AvgIpc) is 3.20. The number of ether oxygens (including phenoxy) is 2. The van der Waals surface area contributed by atoms with Crippen LogP contribution in [0.15, 0.2) is 34.0 Å². The van der Waals surface area contributed by atoms with Gasteiger partial charge in [0.2, 0.25) is 16.8 Å². The number of nitrogens with two attached hydrogens (primary N) is 1. The van der Waals surface area contributed by atoms with Crippen LogP contribution in [0.5, 0.6) is 0 Å². The van der Waals surface area contributed by atoms with Crippen molar-refractivity contribution in [1.29, 1.82) is 0 Å². The van der Waals surface area contributed by atoms with Crippen LogP contribution in [-0.4, -0.2) is 51.5 Å². The second kappa shape index (κ2) is 7.68. The Labute approximate surface area is 179 Å². The van der Waals surface area contributed by atoms with Crippen LogP contribution in [0.25, 0.3) is 11.2 Å². The summed E-state index contributed by atoms with van der Waals surface area (Å²) >= 11 is 3.83. The van der Waals surface area contributed by atoms with Crippen molar-refractivity contribution in [3.8, 4) is 0 Å². The summed E-state index contributed by atoms with van der Waals surface area (Å²) in [5, 5.41) is 0.661. The lowest BCUT2D eigenvalue weighted by Crippen LogP contribution is -2.26. The molecule has 4 rings (SSSR count). The molecule has 0 amide bonds. The van der Waals surface area contributed by atoms with Crippen LogP contribution < -0.4 is 10.5 Å². The van der Waals surface area contributed by atoms with E-state index in [1.54, 1.807) is 0 Å². The Kier molecular flexibility index (Phi) is 5.41. The van der Waals surface area contributed by atoms with E-state index in [2.05, 4.69) is 42.3 Å². The van der Waals surface area contributed by atoms with E-state index in [0.717, 1.165) is 29.1 Å². The topological polar surface area (TPSA) is 134 Å². The minimum Gasteiger partial charge on any atom is -0.458 e. The van der Waals surface area contributed by atoms with E-state index < -0.39 is 10.0 Å². The maximum atomic E-state index is 11.4. The fourth-order valence-electron chi connectivity index (χ4n) is 2.84. The van der Waals surface area contributed by atoms with Crippen molar-refractivity contribution in [2.24, 2.45) is 0 Å². The first kappa shape index (κ1) is 19.7. The van der Waals surface area contributed by atoms with Crippen LogP contribution in [0.1, 0.15) is 6.42 Å². The van der Waals surface area contributed by atoms with Crippen molar-refractivity contribution in [3.05, 3.63) is 28.8 Å². The summed E-state index contributed by atoms with van der Waals surface area (Å²) in [4.78, 5) is 14.0. The van der Waals surface area contributed by atoms with Gasteiger partial charge in [-0.2, -0.15) is 0 Å². The van der Waals surface area contributed by atoms with Crippen LogP contribution in [0.2, 0.25) is 0 Å². The number of halogens is 1. The van der Waals surface area contributed by atoms with E-state index in [1.165, 1.54) is 18.1 Å². The number of hydrogen-bond acceptors (Lipinski definition) is 9. The number of thioether (sulfide) groups is 1. The molecule has 0 radical (unpaired) electrons. The standard InChI is InChI=1S/C15H17IN6O4S2/c1-28(23,24)20-2-3-22-14-12(13(17)18-6-19-14)21-15(22)27-11-5-10-9(4-8(11)16)25-7-26-10/h5-6,8,20H,2-4,7H2,1H3,(H2,17,18,19). The minimum absolute atomic E-state index is 0.203. The highest BCUT2D eigenvalue weighted by molar-refractivity contribution is 14.1. The van der Waals surface area contributed by atoms with Crippen molar-refractivity contribution in [2.45, 2.75) is 22.0 Å². The first-order chi connectivity index (χ1) is 13.3. The lowest BCUT2D eigenvalue weighted by atomic mass is 10.1. The maximum absolute atomic E-state index is 11.4. The van der Waals surface area contributed by atoms with E-state index in [1.807, 2.05) is 10.6 Å². The molecule has 0 spiro atoms. The minimum atomic E-state index is -3.29. The molecule has 2 aliphatic rings. The normalized spacial score (nSPS) is 19.4. The third-order valence-electron chi connectivity index (χ3n) is 4.10. The van der Waals surface area contributed by atoms with Gasteiger partial charge in [-0.3, -0.25) is 0 Å². The highest BCUT2D eigenvalue weighted by Gasteiger charge is 2.29. The smallest absolute Gasteiger partial charge is 0.230 e. The molecule has 2 aromatic heterocycles. The average molecular weight is 536 g/mol. The highest BCUT2D eigenvalue weighted by atomic mass is 127. The number of nitrogens with zero attached hydrogens (tertiary/aromatic N) is 4. The number of allylic oxidation sites excluding steroid dienone is 3. The molecule has 3 heterocycles. The number of anilines is 1. The summed E-state index contributed by atoms with van der Waals surface area (Å²) in [6, 6.07) is 0. The van der Waals surface area contributed by atoms with Crippen molar-refractivity contribution >= 4 is 61.4 Å². The molecule has 0 aromatic carbocycles. The van der Waals surface area contributed by atoms with Crippen LogP contribution in [-0.2, 0) is 26.0 Å². The fourth-order valence-corrected chi connectivity index (χ4v) is 5.27. The van der Waals surface area contributed by atoms with Crippen molar-refractivity contribution < 1.29 is 17.9 Å². The summed E-state index contributed by atoms with van der Waals surface area (Å²) in [5.41, 5.74) is 7.01. The molecule has 1 atom stereocenters. The monoisotopic (exact) mass is 536 g/mol. The fraction of sp³-hybridized carbons (Fsp3) is 0.400. The molecule has 0 saturated heterocycles. The second-order valence-electron chi connectivity index (χ2n) is 6.16. The van der Waals surface area contributed by atoms with Gasteiger partial charge in [0.25, 0.3) is 0 Å². The molecular weight excluding hydrogens is 519 g/mol. The number of nitrogen functional groups attached to an aromatic ring is 1. The van der Waals surface area contributed by atoms with Gasteiger partial charge in [0.15, 0.2) is 27.9 Å². The number of imidazole rings is 1. The molecule has 10 nitrogen and oxygen atoms in total. The largest absolute Gasteiger partial charge is 0.458 e. The number of rotatable bonds is 6. The maximum Gasteiger partial charge on any atom is 0.230 e.